The summed E-state index contributed by atoms with van der Waals surface area (Å²) in [5, 5.41) is 0. The Balaban J connectivity index is 2.07. The lowest BCUT2D eigenvalue weighted by Gasteiger charge is -2.39. The molecule has 2 N–H and O–H groups in total. The lowest BCUT2D eigenvalue weighted by atomic mass is 9.93. The van der Waals surface area contributed by atoms with Crippen LogP contribution in [0.15, 0.2) is 12.1 Å². The number of rotatable bonds is 4. The molecule has 0 amide bonds. The highest BCUT2D eigenvalue weighted by Crippen LogP contribution is 2.28. The minimum atomic E-state index is 0.510. The van der Waals surface area contributed by atoms with Crippen molar-refractivity contribution in [1.29, 1.82) is 0 Å². The molecule has 0 bridgehead atoms. The van der Waals surface area contributed by atoms with Gasteiger partial charge in [-0.3, -0.25) is 9.80 Å². The van der Waals surface area contributed by atoms with Crippen LogP contribution >= 0.6 is 0 Å². The fraction of sp³-hybridized carbons (Fsp3) is 0.647. The molecule has 1 saturated heterocycles. The standard InChI is InChI=1S/C17H29N3/c1-13-11-14(2)17(15(3)12-13)16(4)20-9-7-19(6-5-18)8-10-20/h11-12,16H,5-10,18H2,1-4H3. The molecule has 1 unspecified atom stereocenters. The quantitative estimate of drug-likeness (QED) is 0.915. The van der Waals surface area contributed by atoms with Gasteiger partial charge in [-0.25, -0.2) is 0 Å². The van der Waals surface area contributed by atoms with Gasteiger partial charge in [-0.05, 0) is 44.4 Å². The average Bonchev–Trinajstić information content (AvgIpc) is 2.38. The number of hydrogen-bond donors (Lipinski definition) is 1. The van der Waals surface area contributed by atoms with Crippen LogP contribution in [0.1, 0.15) is 35.2 Å². The number of benzene rings is 1. The molecule has 1 aromatic rings. The van der Waals surface area contributed by atoms with E-state index in [-0.39, 0.29) is 0 Å². The third-order valence-corrected chi connectivity index (χ3v) is 4.56. The summed E-state index contributed by atoms with van der Waals surface area (Å²) in [6.45, 7) is 15.4. The highest BCUT2D eigenvalue weighted by atomic mass is 15.3. The summed E-state index contributed by atoms with van der Waals surface area (Å²) in [4.78, 5) is 5.08. The van der Waals surface area contributed by atoms with Crippen molar-refractivity contribution in [3.05, 3.63) is 34.4 Å². The number of aryl methyl sites for hydroxylation is 3. The Bertz CT molecular complexity index is 425. The van der Waals surface area contributed by atoms with Crippen molar-refractivity contribution in [2.75, 3.05) is 39.3 Å². The molecular weight excluding hydrogens is 246 g/mol. The topological polar surface area (TPSA) is 32.5 Å². The van der Waals surface area contributed by atoms with E-state index in [1.54, 1.807) is 0 Å². The molecule has 1 aromatic carbocycles. The summed E-state index contributed by atoms with van der Waals surface area (Å²) in [6.07, 6.45) is 0. The van der Waals surface area contributed by atoms with Gasteiger partial charge < -0.3 is 5.73 Å². The maximum absolute atomic E-state index is 5.64. The Hall–Kier alpha value is -0.900. The Morgan fingerprint density at radius 2 is 1.60 bits per heavy atom. The van der Waals surface area contributed by atoms with Crippen LogP contribution in [0, 0.1) is 20.8 Å². The van der Waals surface area contributed by atoms with Gasteiger partial charge in [0.15, 0.2) is 0 Å². The minimum Gasteiger partial charge on any atom is -0.329 e. The largest absolute Gasteiger partial charge is 0.329 e. The van der Waals surface area contributed by atoms with Crippen LogP contribution in [-0.2, 0) is 0 Å². The van der Waals surface area contributed by atoms with Crippen LogP contribution in [0.2, 0.25) is 0 Å². The van der Waals surface area contributed by atoms with E-state index in [0.29, 0.717) is 6.04 Å². The third-order valence-electron chi connectivity index (χ3n) is 4.56. The van der Waals surface area contributed by atoms with E-state index in [4.69, 9.17) is 5.73 Å². The van der Waals surface area contributed by atoms with E-state index in [0.717, 1.165) is 39.3 Å². The highest BCUT2D eigenvalue weighted by molar-refractivity contribution is 5.39. The molecule has 0 saturated carbocycles. The monoisotopic (exact) mass is 275 g/mol. The molecular formula is C17H29N3. The second-order valence-electron chi connectivity index (χ2n) is 6.15. The summed E-state index contributed by atoms with van der Waals surface area (Å²) in [6, 6.07) is 5.13. The zero-order valence-electron chi connectivity index (χ0n) is 13.4. The molecule has 1 heterocycles. The van der Waals surface area contributed by atoms with E-state index < -0.39 is 0 Å². The maximum atomic E-state index is 5.64. The Morgan fingerprint density at radius 3 is 2.10 bits per heavy atom. The molecule has 0 radical (unpaired) electrons. The van der Waals surface area contributed by atoms with Gasteiger partial charge in [0.2, 0.25) is 0 Å². The second-order valence-corrected chi connectivity index (χ2v) is 6.15. The maximum Gasteiger partial charge on any atom is 0.0326 e. The lowest BCUT2D eigenvalue weighted by Crippen LogP contribution is -2.48. The van der Waals surface area contributed by atoms with Gasteiger partial charge in [0.25, 0.3) is 0 Å². The minimum absolute atomic E-state index is 0.510. The predicted molar refractivity (Wildman–Crippen MR) is 86.1 cm³/mol. The summed E-state index contributed by atoms with van der Waals surface area (Å²) >= 11 is 0. The summed E-state index contributed by atoms with van der Waals surface area (Å²) in [5.41, 5.74) is 11.4. The van der Waals surface area contributed by atoms with Crippen molar-refractivity contribution < 1.29 is 0 Å². The zero-order chi connectivity index (χ0) is 14.7. The number of nitrogens with two attached hydrogens (primary N) is 1. The van der Waals surface area contributed by atoms with Crippen LogP contribution < -0.4 is 5.73 Å². The van der Waals surface area contributed by atoms with Crippen molar-refractivity contribution in [1.82, 2.24) is 9.80 Å². The molecule has 0 aromatic heterocycles. The number of nitrogens with zero attached hydrogens (tertiary/aromatic N) is 2. The molecule has 3 nitrogen and oxygen atoms in total. The summed E-state index contributed by atoms with van der Waals surface area (Å²) < 4.78 is 0. The van der Waals surface area contributed by atoms with Crippen LogP contribution in [-0.4, -0.2) is 49.1 Å². The van der Waals surface area contributed by atoms with E-state index in [2.05, 4.69) is 49.6 Å². The average molecular weight is 275 g/mol. The molecule has 2 rings (SSSR count). The highest BCUT2D eigenvalue weighted by Gasteiger charge is 2.23. The van der Waals surface area contributed by atoms with Gasteiger partial charge in [0, 0.05) is 45.3 Å². The molecule has 1 fully saturated rings. The van der Waals surface area contributed by atoms with Crippen molar-refractivity contribution in [3.8, 4) is 0 Å². The number of piperazine rings is 1. The van der Waals surface area contributed by atoms with Crippen LogP contribution in [0.5, 0.6) is 0 Å². The third kappa shape index (κ3) is 3.40. The predicted octanol–water partition coefficient (Wildman–Crippen LogP) is 2.25. The molecule has 112 valence electrons. The summed E-state index contributed by atoms with van der Waals surface area (Å²) in [7, 11) is 0. The normalized spacial score (nSPS) is 19.2. The van der Waals surface area contributed by atoms with Gasteiger partial charge in [-0.15, -0.1) is 0 Å². The first-order valence-electron chi connectivity index (χ1n) is 7.77. The second kappa shape index (κ2) is 6.70. The van der Waals surface area contributed by atoms with E-state index >= 15 is 0 Å². The molecule has 1 aliphatic rings. The van der Waals surface area contributed by atoms with Gasteiger partial charge in [-0.1, -0.05) is 17.7 Å². The lowest BCUT2D eigenvalue weighted by molar-refractivity contribution is 0.104. The van der Waals surface area contributed by atoms with Crippen molar-refractivity contribution in [2.45, 2.75) is 33.7 Å². The SMILES string of the molecule is Cc1cc(C)c(C(C)N2CCN(CCN)CC2)c(C)c1. The van der Waals surface area contributed by atoms with Gasteiger partial charge in [0.05, 0.1) is 0 Å². The summed E-state index contributed by atoms with van der Waals surface area (Å²) in [5.74, 6) is 0. The van der Waals surface area contributed by atoms with Gasteiger partial charge in [0.1, 0.15) is 0 Å². The molecule has 0 aliphatic carbocycles. The van der Waals surface area contributed by atoms with Gasteiger partial charge in [-0.2, -0.15) is 0 Å². The van der Waals surface area contributed by atoms with Crippen LogP contribution in [0.3, 0.4) is 0 Å². The smallest absolute Gasteiger partial charge is 0.0326 e. The fourth-order valence-electron chi connectivity index (χ4n) is 3.59. The van der Waals surface area contributed by atoms with Crippen molar-refractivity contribution in [3.63, 3.8) is 0 Å². The molecule has 1 aliphatic heterocycles. The molecule has 20 heavy (non-hydrogen) atoms. The fourth-order valence-corrected chi connectivity index (χ4v) is 3.59. The van der Waals surface area contributed by atoms with E-state index in [1.807, 2.05) is 0 Å². The Kier molecular flexibility index (Phi) is 5.19. The first kappa shape index (κ1) is 15.5. The molecule has 0 spiro atoms. The van der Waals surface area contributed by atoms with Crippen LogP contribution in [0.25, 0.3) is 0 Å². The van der Waals surface area contributed by atoms with E-state index in [1.165, 1.54) is 22.3 Å². The Morgan fingerprint density at radius 1 is 1.05 bits per heavy atom. The van der Waals surface area contributed by atoms with Crippen molar-refractivity contribution in [2.24, 2.45) is 5.73 Å². The molecule has 3 heteroatoms. The number of hydrogen-bond acceptors (Lipinski definition) is 3. The van der Waals surface area contributed by atoms with Crippen molar-refractivity contribution >= 4 is 0 Å². The van der Waals surface area contributed by atoms with Crippen LogP contribution in [0.4, 0.5) is 0 Å². The zero-order valence-corrected chi connectivity index (χ0v) is 13.4. The Labute approximate surface area is 123 Å². The molecule has 1 atom stereocenters. The van der Waals surface area contributed by atoms with E-state index in [9.17, 15) is 0 Å². The first-order chi connectivity index (χ1) is 9.52. The first-order valence-corrected chi connectivity index (χ1v) is 7.77. The van der Waals surface area contributed by atoms with Gasteiger partial charge >= 0.3 is 0 Å².